The Bertz CT molecular complexity index is 952. The number of aliphatic hydroxyl groups is 1. The Morgan fingerprint density at radius 2 is 1.68 bits per heavy atom. The largest absolute Gasteiger partial charge is 0.396 e. The van der Waals surface area contributed by atoms with Gasteiger partial charge in [-0.1, -0.05) is 29.8 Å². The lowest BCUT2D eigenvalue weighted by Gasteiger charge is -2.15. The van der Waals surface area contributed by atoms with Gasteiger partial charge >= 0.3 is 0 Å². The summed E-state index contributed by atoms with van der Waals surface area (Å²) in [5.41, 5.74) is 2.46. The normalized spacial score (nSPS) is 14.1. The van der Waals surface area contributed by atoms with E-state index in [0.29, 0.717) is 5.56 Å². The predicted molar refractivity (Wildman–Crippen MR) is 106 cm³/mol. The Hall–Kier alpha value is -2.97. The smallest absolute Gasteiger partial charge is 0.269 e. The minimum Gasteiger partial charge on any atom is -0.396 e. The molecule has 1 heterocycles. The van der Waals surface area contributed by atoms with E-state index in [1.54, 1.807) is 0 Å². The van der Waals surface area contributed by atoms with Gasteiger partial charge in [0.1, 0.15) is 0 Å². The average Bonchev–Trinajstić information content (AvgIpc) is 2.92. The predicted octanol–water partition coefficient (Wildman–Crippen LogP) is 2.91. The maximum atomic E-state index is 13.0. The lowest BCUT2D eigenvalue weighted by Crippen LogP contribution is -2.31. The summed E-state index contributed by atoms with van der Waals surface area (Å²) in [4.78, 5) is 37.7. The Balaban J connectivity index is 1.95. The number of nitrogens with zero attached hydrogens (tertiary/aromatic N) is 2. The number of nitro benzene ring substituents is 1. The van der Waals surface area contributed by atoms with Crippen molar-refractivity contribution in [2.24, 2.45) is 0 Å². The van der Waals surface area contributed by atoms with Crippen LogP contribution in [-0.2, 0) is 16.1 Å². The van der Waals surface area contributed by atoms with Gasteiger partial charge in [0, 0.05) is 17.9 Å². The molecule has 0 atom stereocenters. The van der Waals surface area contributed by atoms with Crippen LogP contribution in [0, 0.1) is 17.0 Å². The van der Waals surface area contributed by atoms with E-state index in [4.69, 9.17) is 5.11 Å². The fourth-order valence-electron chi connectivity index (χ4n) is 2.86. The zero-order valence-electron chi connectivity index (χ0n) is 15.1. The SMILES string of the molecule is Cc1ccc(CN2C(=O)C(SCCO)=C(c3ccc([N+](=O)[O-])cc3)C2=O)cc1. The van der Waals surface area contributed by atoms with Crippen molar-refractivity contribution in [2.75, 3.05) is 12.4 Å². The average molecular weight is 398 g/mol. The van der Waals surface area contributed by atoms with Crippen LogP contribution in [-0.4, -0.2) is 39.1 Å². The molecule has 1 aliphatic rings. The monoisotopic (exact) mass is 398 g/mol. The summed E-state index contributed by atoms with van der Waals surface area (Å²) in [5.74, 6) is -0.597. The third-order valence-electron chi connectivity index (χ3n) is 4.29. The van der Waals surface area contributed by atoms with E-state index < -0.39 is 16.7 Å². The number of rotatable bonds is 7. The zero-order valence-corrected chi connectivity index (χ0v) is 15.9. The molecule has 0 aromatic heterocycles. The van der Waals surface area contributed by atoms with E-state index in [1.165, 1.54) is 29.2 Å². The molecule has 0 spiro atoms. The molecule has 2 amide bonds. The Labute approximate surface area is 165 Å². The van der Waals surface area contributed by atoms with Gasteiger partial charge in [-0.25, -0.2) is 0 Å². The summed E-state index contributed by atoms with van der Waals surface area (Å²) in [6, 6.07) is 13.1. The van der Waals surface area contributed by atoms with Crippen molar-refractivity contribution in [3.05, 3.63) is 80.2 Å². The molecular weight excluding hydrogens is 380 g/mol. The van der Waals surface area contributed by atoms with E-state index in [-0.39, 0.29) is 35.1 Å². The maximum absolute atomic E-state index is 13.0. The molecule has 2 aromatic carbocycles. The number of imide groups is 1. The number of nitro groups is 1. The number of benzene rings is 2. The van der Waals surface area contributed by atoms with Crippen molar-refractivity contribution >= 4 is 34.8 Å². The number of hydrogen-bond donors (Lipinski definition) is 1. The Morgan fingerprint density at radius 1 is 1.04 bits per heavy atom. The van der Waals surface area contributed by atoms with Crippen molar-refractivity contribution in [2.45, 2.75) is 13.5 Å². The van der Waals surface area contributed by atoms with Crippen molar-refractivity contribution in [3.8, 4) is 0 Å². The van der Waals surface area contributed by atoms with Crippen molar-refractivity contribution in [1.29, 1.82) is 0 Å². The molecule has 3 rings (SSSR count). The fourth-order valence-corrected chi connectivity index (χ4v) is 3.74. The maximum Gasteiger partial charge on any atom is 0.269 e. The van der Waals surface area contributed by atoms with Gasteiger partial charge in [0.2, 0.25) is 0 Å². The van der Waals surface area contributed by atoms with Gasteiger partial charge in [-0.2, -0.15) is 0 Å². The lowest BCUT2D eigenvalue weighted by atomic mass is 10.1. The van der Waals surface area contributed by atoms with Crippen LogP contribution in [0.15, 0.2) is 53.4 Å². The van der Waals surface area contributed by atoms with Crippen LogP contribution in [0.1, 0.15) is 16.7 Å². The first-order valence-electron chi connectivity index (χ1n) is 8.57. The fraction of sp³-hybridized carbons (Fsp3) is 0.200. The van der Waals surface area contributed by atoms with Crippen LogP contribution >= 0.6 is 11.8 Å². The number of carbonyl (C=O) groups excluding carboxylic acids is 2. The summed E-state index contributed by atoms with van der Waals surface area (Å²) in [6.45, 7) is 1.95. The van der Waals surface area contributed by atoms with Crippen LogP contribution in [0.5, 0.6) is 0 Å². The van der Waals surface area contributed by atoms with Gasteiger partial charge in [-0.3, -0.25) is 24.6 Å². The first-order valence-corrected chi connectivity index (χ1v) is 9.55. The van der Waals surface area contributed by atoms with Gasteiger partial charge in [-0.15, -0.1) is 11.8 Å². The molecule has 8 heteroatoms. The minimum atomic E-state index is -0.523. The third kappa shape index (κ3) is 3.97. The molecule has 0 radical (unpaired) electrons. The highest BCUT2D eigenvalue weighted by atomic mass is 32.2. The van der Waals surface area contributed by atoms with E-state index in [9.17, 15) is 19.7 Å². The highest BCUT2D eigenvalue weighted by molar-refractivity contribution is 8.04. The number of aryl methyl sites for hydroxylation is 1. The number of carbonyl (C=O) groups is 2. The first kappa shape index (κ1) is 19.8. The third-order valence-corrected chi connectivity index (χ3v) is 5.35. The summed E-state index contributed by atoms with van der Waals surface area (Å²) >= 11 is 1.11. The van der Waals surface area contributed by atoms with Crippen molar-refractivity contribution in [1.82, 2.24) is 4.90 Å². The number of hydrogen-bond acceptors (Lipinski definition) is 6. The Kier molecular flexibility index (Phi) is 5.91. The number of amides is 2. The van der Waals surface area contributed by atoms with Crippen LogP contribution in [0.3, 0.4) is 0 Å². The van der Waals surface area contributed by atoms with Gasteiger partial charge in [0.05, 0.1) is 28.6 Å². The zero-order chi connectivity index (χ0) is 20.3. The summed E-state index contributed by atoms with van der Waals surface area (Å²) in [5, 5.41) is 20.0. The van der Waals surface area contributed by atoms with E-state index in [2.05, 4.69) is 0 Å². The number of aliphatic hydroxyl groups excluding tert-OH is 1. The Morgan fingerprint density at radius 3 is 2.25 bits per heavy atom. The molecule has 2 aromatic rings. The summed E-state index contributed by atoms with van der Waals surface area (Å²) in [7, 11) is 0. The van der Waals surface area contributed by atoms with E-state index in [0.717, 1.165) is 22.9 Å². The first-order chi connectivity index (χ1) is 13.4. The van der Waals surface area contributed by atoms with Crippen LogP contribution in [0.2, 0.25) is 0 Å². The summed E-state index contributed by atoms with van der Waals surface area (Å²) < 4.78 is 0. The van der Waals surface area contributed by atoms with Crippen LogP contribution < -0.4 is 0 Å². The molecule has 1 aliphatic heterocycles. The standard InChI is InChI=1S/C20H18N2O5S/c1-13-2-4-14(5-3-13)12-21-19(24)17(18(20(21)25)28-11-10-23)15-6-8-16(9-7-15)22(26)27/h2-9,23H,10-12H2,1H3. The molecule has 0 unspecified atom stereocenters. The molecule has 28 heavy (non-hydrogen) atoms. The number of thioether (sulfide) groups is 1. The van der Waals surface area contributed by atoms with Crippen LogP contribution in [0.4, 0.5) is 5.69 Å². The van der Waals surface area contributed by atoms with Gasteiger partial charge < -0.3 is 5.11 Å². The quantitative estimate of drug-likeness (QED) is 0.437. The van der Waals surface area contributed by atoms with Crippen molar-refractivity contribution < 1.29 is 19.6 Å². The van der Waals surface area contributed by atoms with E-state index >= 15 is 0 Å². The highest BCUT2D eigenvalue weighted by Gasteiger charge is 2.39. The van der Waals surface area contributed by atoms with Gasteiger partial charge in [0.25, 0.3) is 17.5 Å². The second-order valence-corrected chi connectivity index (χ2v) is 7.37. The second kappa shape index (κ2) is 8.37. The van der Waals surface area contributed by atoms with E-state index in [1.807, 2.05) is 31.2 Å². The van der Waals surface area contributed by atoms with Crippen LogP contribution in [0.25, 0.3) is 5.57 Å². The molecule has 0 saturated heterocycles. The van der Waals surface area contributed by atoms with Crippen molar-refractivity contribution in [3.63, 3.8) is 0 Å². The molecule has 0 bridgehead atoms. The molecule has 1 N–H and O–H groups in total. The molecule has 0 aliphatic carbocycles. The molecule has 7 nitrogen and oxygen atoms in total. The second-order valence-electron chi connectivity index (χ2n) is 6.26. The molecule has 0 fully saturated rings. The van der Waals surface area contributed by atoms with Gasteiger partial charge in [0.15, 0.2) is 0 Å². The number of non-ortho nitro benzene ring substituents is 1. The summed E-state index contributed by atoms with van der Waals surface area (Å²) in [6.07, 6.45) is 0. The topological polar surface area (TPSA) is 101 Å². The highest BCUT2D eigenvalue weighted by Crippen LogP contribution is 2.37. The van der Waals surface area contributed by atoms with Gasteiger partial charge in [-0.05, 0) is 30.2 Å². The lowest BCUT2D eigenvalue weighted by molar-refractivity contribution is -0.384. The molecule has 144 valence electrons. The molecule has 0 saturated carbocycles. The molecular formula is C20H18N2O5S. The minimum absolute atomic E-state index is 0.0952.